The van der Waals surface area contributed by atoms with E-state index < -0.39 is 6.10 Å². The number of nitrogens with one attached hydrogen (secondary N) is 2. The molecule has 0 heterocycles. The Kier molecular flexibility index (Phi) is 10.2. The molecule has 6 heteroatoms. The molecule has 1 aromatic rings. The van der Waals surface area contributed by atoms with Crippen molar-refractivity contribution in [2.24, 2.45) is 4.99 Å². The van der Waals surface area contributed by atoms with Crippen LogP contribution < -0.4 is 15.4 Å². The van der Waals surface area contributed by atoms with E-state index in [9.17, 15) is 5.11 Å². The number of guanidine groups is 1. The van der Waals surface area contributed by atoms with Gasteiger partial charge in [-0.2, -0.15) is 0 Å². The first-order valence-electron chi connectivity index (χ1n) is 6.96. The Morgan fingerprint density at radius 1 is 1.24 bits per heavy atom. The summed E-state index contributed by atoms with van der Waals surface area (Å²) in [5, 5.41) is 16.3. The topological polar surface area (TPSA) is 65.9 Å². The van der Waals surface area contributed by atoms with Crippen molar-refractivity contribution < 1.29 is 9.84 Å². The van der Waals surface area contributed by atoms with Crippen LogP contribution in [-0.4, -0.2) is 37.3 Å². The van der Waals surface area contributed by atoms with Crippen LogP contribution in [0.1, 0.15) is 32.4 Å². The highest BCUT2D eigenvalue weighted by atomic mass is 127. The van der Waals surface area contributed by atoms with Gasteiger partial charge in [-0.1, -0.05) is 12.1 Å². The lowest BCUT2D eigenvalue weighted by atomic mass is 10.1. The first-order valence-corrected chi connectivity index (χ1v) is 6.96. The van der Waals surface area contributed by atoms with E-state index >= 15 is 0 Å². The number of halogens is 1. The summed E-state index contributed by atoms with van der Waals surface area (Å²) in [5.41, 5.74) is 0.848. The van der Waals surface area contributed by atoms with Gasteiger partial charge in [0, 0.05) is 20.1 Å². The van der Waals surface area contributed by atoms with Crippen LogP contribution in [-0.2, 0) is 0 Å². The van der Waals surface area contributed by atoms with E-state index in [1.807, 2.05) is 45.0 Å². The number of hydrogen-bond acceptors (Lipinski definition) is 3. The van der Waals surface area contributed by atoms with E-state index in [4.69, 9.17) is 4.74 Å². The van der Waals surface area contributed by atoms with Gasteiger partial charge in [0.1, 0.15) is 5.75 Å². The molecule has 1 rings (SSSR count). The molecule has 5 nitrogen and oxygen atoms in total. The molecule has 21 heavy (non-hydrogen) atoms. The molecule has 1 unspecified atom stereocenters. The lowest BCUT2D eigenvalue weighted by Gasteiger charge is -2.16. The summed E-state index contributed by atoms with van der Waals surface area (Å²) in [5.74, 6) is 1.50. The molecule has 3 N–H and O–H groups in total. The van der Waals surface area contributed by atoms with E-state index in [-0.39, 0.29) is 30.1 Å². The second-order valence-electron chi connectivity index (χ2n) is 4.73. The van der Waals surface area contributed by atoms with Crippen molar-refractivity contribution >= 4 is 29.9 Å². The van der Waals surface area contributed by atoms with Crippen LogP contribution in [0.15, 0.2) is 29.3 Å². The van der Waals surface area contributed by atoms with E-state index in [1.54, 1.807) is 7.05 Å². The van der Waals surface area contributed by atoms with Crippen molar-refractivity contribution in [2.75, 3.05) is 20.1 Å². The third-order valence-electron chi connectivity index (χ3n) is 2.67. The number of aliphatic imine (C=N–C) groups is 1. The van der Waals surface area contributed by atoms with Gasteiger partial charge in [-0.25, -0.2) is 0 Å². The maximum absolute atomic E-state index is 10.1. The van der Waals surface area contributed by atoms with E-state index in [0.29, 0.717) is 12.5 Å². The van der Waals surface area contributed by atoms with Crippen molar-refractivity contribution in [1.29, 1.82) is 0 Å². The van der Waals surface area contributed by atoms with E-state index in [0.717, 1.165) is 17.9 Å². The molecular formula is C15H26IN3O2. The highest BCUT2D eigenvalue weighted by Crippen LogP contribution is 2.18. The Balaban J connectivity index is 0.00000400. The molecule has 0 aliphatic rings. The zero-order valence-corrected chi connectivity index (χ0v) is 15.4. The molecular weight excluding hydrogens is 381 g/mol. The number of aliphatic hydroxyl groups is 1. The third kappa shape index (κ3) is 7.52. The van der Waals surface area contributed by atoms with Gasteiger partial charge in [0.25, 0.3) is 0 Å². The molecule has 0 aliphatic heterocycles. The fourth-order valence-corrected chi connectivity index (χ4v) is 1.74. The zero-order valence-electron chi connectivity index (χ0n) is 13.1. The molecule has 1 aromatic carbocycles. The molecule has 0 saturated heterocycles. The van der Waals surface area contributed by atoms with Gasteiger partial charge in [-0.05, 0) is 38.5 Å². The number of rotatable bonds is 6. The fraction of sp³-hybridized carbons (Fsp3) is 0.533. The summed E-state index contributed by atoms with van der Waals surface area (Å²) in [6, 6.07) is 7.50. The lowest BCUT2D eigenvalue weighted by Crippen LogP contribution is -2.39. The molecule has 1 atom stereocenters. The SMILES string of the molecule is CCNC(=NC)NCC(O)c1ccc(OC(C)C)cc1.I. The Hall–Kier alpha value is -1.02. The number of nitrogens with zero attached hydrogens (tertiary/aromatic N) is 1. The van der Waals surface area contributed by atoms with Gasteiger partial charge in [0.2, 0.25) is 0 Å². The largest absolute Gasteiger partial charge is 0.491 e. The summed E-state index contributed by atoms with van der Waals surface area (Å²) in [6.45, 7) is 7.16. The van der Waals surface area contributed by atoms with Crippen LogP contribution >= 0.6 is 24.0 Å². The van der Waals surface area contributed by atoms with Crippen molar-refractivity contribution in [2.45, 2.75) is 33.0 Å². The van der Waals surface area contributed by atoms with Gasteiger partial charge in [0.15, 0.2) is 5.96 Å². The molecule has 0 radical (unpaired) electrons. The van der Waals surface area contributed by atoms with Gasteiger partial charge < -0.3 is 20.5 Å². The molecule has 0 bridgehead atoms. The second kappa shape index (κ2) is 10.7. The lowest BCUT2D eigenvalue weighted by molar-refractivity contribution is 0.180. The third-order valence-corrected chi connectivity index (χ3v) is 2.67. The van der Waals surface area contributed by atoms with Crippen molar-refractivity contribution in [3.05, 3.63) is 29.8 Å². The summed E-state index contributed by atoms with van der Waals surface area (Å²) in [4.78, 5) is 4.05. The van der Waals surface area contributed by atoms with Crippen LogP contribution in [0.2, 0.25) is 0 Å². The Morgan fingerprint density at radius 3 is 2.33 bits per heavy atom. The molecule has 0 amide bonds. The number of ether oxygens (including phenoxy) is 1. The average Bonchev–Trinajstić information content (AvgIpc) is 2.43. The first kappa shape index (κ1) is 20.0. The molecule has 120 valence electrons. The van der Waals surface area contributed by atoms with Gasteiger partial charge >= 0.3 is 0 Å². The van der Waals surface area contributed by atoms with Crippen LogP contribution in [0.5, 0.6) is 5.75 Å². The van der Waals surface area contributed by atoms with Crippen LogP contribution in [0.3, 0.4) is 0 Å². The first-order chi connectivity index (χ1) is 9.56. The van der Waals surface area contributed by atoms with Crippen molar-refractivity contribution in [3.63, 3.8) is 0 Å². The highest BCUT2D eigenvalue weighted by molar-refractivity contribution is 14.0. The molecule has 0 saturated carbocycles. The maximum Gasteiger partial charge on any atom is 0.191 e. The second-order valence-corrected chi connectivity index (χ2v) is 4.73. The summed E-state index contributed by atoms with van der Waals surface area (Å²) in [6.07, 6.45) is -0.436. The molecule has 0 fully saturated rings. The molecule has 0 aromatic heterocycles. The van der Waals surface area contributed by atoms with Crippen LogP contribution in [0.25, 0.3) is 0 Å². The van der Waals surface area contributed by atoms with E-state index in [1.165, 1.54) is 0 Å². The monoisotopic (exact) mass is 407 g/mol. The normalized spacial score (nSPS) is 12.6. The van der Waals surface area contributed by atoms with Gasteiger partial charge in [0.05, 0.1) is 12.2 Å². The van der Waals surface area contributed by atoms with Crippen LogP contribution in [0, 0.1) is 0 Å². The van der Waals surface area contributed by atoms with Crippen molar-refractivity contribution in [1.82, 2.24) is 10.6 Å². The van der Waals surface area contributed by atoms with Crippen LogP contribution in [0.4, 0.5) is 0 Å². The quantitative estimate of drug-likeness (QED) is 0.385. The van der Waals surface area contributed by atoms with E-state index in [2.05, 4.69) is 15.6 Å². The number of hydrogen-bond donors (Lipinski definition) is 3. The Bertz CT molecular complexity index is 421. The predicted octanol–water partition coefficient (Wildman–Crippen LogP) is 2.31. The fourth-order valence-electron chi connectivity index (χ4n) is 1.74. The average molecular weight is 407 g/mol. The minimum Gasteiger partial charge on any atom is -0.491 e. The summed E-state index contributed by atoms with van der Waals surface area (Å²) in [7, 11) is 1.70. The highest BCUT2D eigenvalue weighted by Gasteiger charge is 2.08. The number of benzene rings is 1. The summed E-state index contributed by atoms with van der Waals surface area (Å²) >= 11 is 0. The van der Waals surface area contributed by atoms with Gasteiger partial charge in [-0.15, -0.1) is 24.0 Å². The minimum atomic E-state index is -0.585. The Morgan fingerprint density at radius 2 is 1.86 bits per heavy atom. The number of aliphatic hydroxyl groups excluding tert-OH is 1. The maximum atomic E-state index is 10.1. The smallest absolute Gasteiger partial charge is 0.191 e. The summed E-state index contributed by atoms with van der Waals surface area (Å²) < 4.78 is 5.57. The minimum absolute atomic E-state index is 0. The standard InChI is InChI=1S/C15H25N3O2.HI/c1-5-17-15(16-4)18-10-14(19)12-6-8-13(9-7-12)20-11(2)3;/h6-9,11,14,19H,5,10H2,1-4H3,(H2,16,17,18);1H. The predicted molar refractivity (Wildman–Crippen MR) is 97.6 cm³/mol. The molecule has 0 spiro atoms. The molecule has 0 aliphatic carbocycles. The zero-order chi connectivity index (χ0) is 15.0. The van der Waals surface area contributed by atoms with Gasteiger partial charge in [-0.3, -0.25) is 4.99 Å². The Labute approximate surface area is 144 Å². The van der Waals surface area contributed by atoms with Crippen molar-refractivity contribution in [3.8, 4) is 5.75 Å².